The van der Waals surface area contributed by atoms with Crippen LogP contribution < -0.4 is 19.5 Å². The quantitative estimate of drug-likeness (QED) is 0.512. The number of esters is 1. The zero-order valence-electron chi connectivity index (χ0n) is 19.6. The van der Waals surface area contributed by atoms with Crippen molar-refractivity contribution in [2.45, 2.75) is 51.2 Å². The Morgan fingerprint density at radius 3 is 2.58 bits per heavy atom. The molecular formula is C26H33NO6. The molecule has 1 heterocycles. The second-order valence-electron chi connectivity index (χ2n) is 8.22. The highest BCUT2D eigenvalue weighted by atomic mass is 16.5. The van der Waals surface area contributed by atoms with Gasteiger partial charge in [-0.1, -0.05) is 24.6 Å². The molecule has 2 aromatic carbocycles. The number of piperidine rings is 1. The number of methoxy groups -OCH3 is 2. The first-order valence-corrected chi connectivity index (χ1v) is 11.4. The topological polar surface area (TPSA) is 83.1 Å². The molecule has 1 saturated heterocycles. The van der Waals surface area contributed by atoms with Gasteiger partial charge in [0.2, 0.25) is 0 Å². The number of ether oxygens (including phenoxy) is 4. The van der Waals surface area contributed by atoms with Gasteiger partial charge in [0.1, 0.15) is 24.5 Å². The van der Waals surface area contributed by atoms with Crippen molar-refractivity contribution >= 4 is 11.8 Å². The molecule has 1 N–H and O–H groups in total. The van der Waals surface area contributed by atoms with Gasteiger partial charge in [-0.2, -0.15) is 0 Å². The largest absolute Gasteiger partial charge is 0.493 e. The number of carbonyl (C=O) groups excluding carboxylic acids is 2. The maximum absolute atomic E-state index is 12.9. The van der Waals surface area contributed by atoms with Gasteiger partial charge in [-0.15, -0.1) is 0 Å². The van der Waals surface area contributed by atoms with Crippen molar-refractivity contribution in [1.29, 1.82) is 0 Å². The van der Waals surface area contributed by atoms with E-state index in [9.17, 15) is 9.59 Å². The minimum Gasteiger partial charge on any atom is -0.493 e. The molecule has 0 bridgehead atoms. The van der Waals surface area contributed by atoms with Crippen LogP contribution in [0, 0.1) is 0 Å². The molecule has 1 aliphatic rings. The van der Waals surface area contributed by atoms with Gasteiger partial charge in [0, 0.05) is 0 Å². The average Bonchev–Trinajstić information content (AvgIpc) is 2.85. The fraction of sp³-hybridized carbons (Fsp3) is 0.462. The molecule has 7 heteroatoms. The first kappa shape index (κ1) is 24.6. The van der Waals surface area contributed by atoms with Gasteiger partial charge >= 0.3 is 5.97 Å². The predicted molar refractivity (Wildman–Crippen MR) is 125 cm³/mol. The maximum atomic E-state index is 12.9. The molecule has 33 heavy (non-hydrogen) atoms. The number of aryl methyl sites for hydroxylation is 1. The standard InChI is InChI=1S/C26H33NO6/c1-18(28)17-32-21-8-6-7-20(16-21)23(33-26(29)22-9-4-5-14-27-22)12-10-19-11-13-24(30-2)25(15-19)31-3/h6-8,11,13,15-16,22-23,27H,4-5,9-10,12,14,17H2,1-3H3/t22-,23+/m0/s1. The van der Waals surface area contributed by atoms with Crippen LogP contribution in [0.5, 0.6) is 17.2 Å². The van der Waals surface area contributed by atoms with Crippen molar-refractivity contribution in [2.24, 2.45) is 0 Å². The van der Waals surface area contributed by atoms with Gasteiger partial charge in [-0.25, -0.2) is 0 Å². The lowest BCUT2D eigenvalue weighted by atomic mass is 10.00. The van der Waals surface area contributed by atoms with Crippen LogP contribution in [0.2, 0.25) is 0 Å². The zero-order chi connectivity index (χ0) is 23.6. The summed E-state index contributed by atoms with van der Waals surface area (Å²) in [5.74, 6) is 1.62. The number of Topliss-reactive ketones (excluding diaryl/α,β-unsaturated/α-hetero) is 1. The summed E-state index contributed by atoms with van der Waals surface area (Å²) in [7, 11) is 3.21. The SMILES string of the molecule is COc1ccc(CC[C@@H](OC(=O)[C@@H]2CCCCN2)c2cccc(OCC(C)=O)c2)cc1OC. The van der Waals surface area contributed by atoms with Gasteiger partial charge in [0.15, 0.2) is 17.3 Å². The van der Waals surface area contributed by atoms with Crippen LogP contribution in [0.25, 0.3) is 0 Å². The van der Waals surface area contributed by atoms with E-state index < -0.39 is 6.10 Å². The van der Waals surface area contributed by atoms with Crippen LogP contribution in [0.4, 0.5) is 0 Å². The molecule has 2 atom stereocenters. The fourth-order valence-corrected chi connectivity index (χ4v) is 3.89. The number of hydrogen-bond donors (Lipinski definition) is 1. The second kappa shape index (κ2) is 12.3. The molecule has 0 saturated carbocycles. The molecule has 178 valence electrons. The number of hydrogen-bond acceptors (Lipinski definition) is 7. The van der Waals surface area contributed by atoms with E-state index in [0.29, 0.717) is 30.1 Å². The monoisotopic (exact) mass is 455 g/mol. The Morgan fingerprint density at radius 2 is 1.88 bits per heavy atom. The Balaban J connectivity index is 1.77. The first-order chi connectivity index (χ1) is 16.0. The Hall–Kier alpha value is -3.06. The van der Waals surface area contributed by atoms with Gasteiger partial charge in [-0.3, -0.25) is 9.59 Å². The lowest BCUT2D eigenvalue weighted by Gasteiger charge is -2.25. The third kappa shape index (κ3) is 7.22. The van der Waals surface area contributed by atoms with Gasteiger partial charge in [0.25, 0.3) is 0 Å². The van der Waals surface area contributed by atoms with E-state index in [1.807, 2.05) is 36.4 Å². The molecule has 0 spiro atoms. The van der Waals surface area contributed by atoms with Gasteiger partial charge in [-0.05, 0) is 74.5 Å². The summed E-state index contributed by atoms with van der Waals surface area (Å²) in [6, 6.07) is 12.9. The van der Waals surface area contributed by atoms with Crippen LogP contribution in [0.3, 0.4) is 0 Å². The number of benzene rings is 2. The summed E-state index contributed by atoms with van der Waals surface area (Å²) in [5, 5.41) is 3.25. The average molecular weight is 456 g/mol. The lowest BCUT2D eigenvalue weighted by molar-refractivity contribution is -0.153. The lowest BCUT2D eigenvalue weighted by Crippen LogP contribution is -2.41. The van der Waals surface area contributed by atoms with Crippen molar-refractivity contribution in [3.63, 3.8) is 0 Å². The third-order valence-corrected chi connectivity index (χ3v) is 5.67. The number of ketones is 1. The maximum Gasteiger partial charge on any atom is 0.323 e. The number of carbonyl (C=O) groups is 2. The molecule has 0 aromatic heterocycles. The number of rotatable bonds is 11. The second-order valence-corrected chi connectivity index (χ2v) is 8.22. The summed E-state index contributed by atoms with van der Waals surface area (Å²) in [6.07, 6.45) is 3.68. The minimum atomic E-state index is -0.449. The van der Waals surface area contributed by atoms with Gasteiger partial charge in [0.05, 0.1) is 14.2 Å². The summed E-state index contributed by atoms with van der Waals surface area (Å²) in [5.41, 5.74) is 1.88. The normalized spacial score (nSPS) is 16.5. The van der Waals surface area contributed by atoms with Crippen LogP contribution in [0.1, 0.15) is 49.8 Å². The van der Waals surface area contributed by atoms with Crippen LogP contribution in [-0.2, 0) is 20.7 Å². The predicted octanol–water partition coefficient (Wildman–Crippen LogP) is 4.03. The van der Waals surface area contributed by atoms with Crippen LogP contribution >= 0.6 is 0 Å². The van der Waals surface area contributed by atoms with Gasteiger partial charge < -0.3 is 24.3 Å². The summed E-state index contributed by atoms with van der Waals surface area (Å²) in [6.45, 7) is 2.31. The summed E-state index contributed by atoms with van der Waals surface area (Å²) >= 11 is 0. The van der Waals surface area contributed by atoms with Crippen molar-refractivity contribution in [1.82, 2.24) is 5.32 Å². The molecule has 3 rings (SSSR count). The van der Waals surface area contributed by atoms with E-state index >= 15 is 0 Å². The molecule has 1 aliphatic heterocycles. The summed E-state index contributed by atoms with van der Waals surface area (Å²) < 4.78 is 22.3. The van der Waals surface area contributed by atoms with Crippen molar-refractivity contribution in [3.05, 3.63) is 53.6 Å². The Morgan fingerprint density at radius 1 is 1.06 bits per heavy atom. The summed E-state index contributed by atoms with van der Waals surface area (Å²) in [4.78, 5) is 24.2. The van der Waals surface area contributed by atoms with Crippen molar-refractivity contribution in [3.8, 4) is 17.2 Å². The van der Waals surface area contributed by atoms with Crippen molar-refractivity contribution in [2.75, 3.05) is 27.4 Å². The van der Waals surface area contributed by atoms with Crippen molar-refractivity contribution < 1.29 is 28.5 Å². The highest BCUT2D eigenvalue weighted by molar-refractivity contribution is 5.77. The first-order valence-electron chi connectivity index (χ1n) is 11.4. The molecule has 0 amide bonds. The van der Waals surface area contributed by atoms with Crippen LogP contribution in [-0.4, -0.2) is 45.2 Å². The van der Waals surface area contributed by atoms with E-state index in [1.165, 1.54) is 6.92 Å². The smallest absolute Gasteiger partial charge is 0.323 e. The van der Waals surface area contributed by atoms with E-state index in [2.05, 4.69) is 5.32 Å². The minimum absolute atomic E-state index is 0.00550. The molecule has 2 aromatic rings. The molecule has 7 nitrogen and oxygen atoms in total. The van der Waals surface area contributed by atoms with E-state index in [-0.39, 0.29) is 24.4 Å². The van der Waals surface area contributed by atoms with E-state index in [4.69, 9.17) is 18.9 Å². The third-order valence-electron chi connectivity index (χ3n) is 5.67. The molecular weight excluding hydrogens is 422 g/mol. The Kier molecular flexibility index (Phi) is 9.13. The molecule has 0 unspecified atom stereocenters. The van der Waals surface area contributed by atoms with E-state index in [1.54, 1.807) is 20.3 Å². The number of nitrogens with one attached hydrogen (secondary N) is 1. The fourth-order valence-electron chi connectivity index (χ4n) is 3.89. The molecule has 0 radical (unpaired) electrons. The Bertz CT molecular complexity index is 938. The zero-order valence-corrected chi connectivity index (χ0v) is 19.6. The molecule has 1 fully saturated rings. The van der Waals surface area contributed by atoms with E-state index in [0.717, 1.165) is 36.9 Å². The molecule has 0 aliphatic carbocycles. The highest BCUT2D eigenvalue weighted by Gasteiger charge is 2.26. The Labute approximate surface area is 195 Å². The highest BCUT2D eigenvalue weighted by Crippen LogP contribution is 2.31. The van der Waals surface area contributed by atoms with Crippen LogP contribution in [0.15, 0.2) is 42.5 Å².